The summed E-state index contributed by atoms with van der Waals surface area (Å²) in [5.74, 6) is -1.39. The van der Waals surface area contributed by atoms with Gasteiger partial charge in [0.2, 0.25) is 11.8 Å². The van der Waals surface area contributed by atoms with Gasteiger partial charge < -0.3 is 0 Å². The Morgan fingerprint density at radius 1 is 0.724 bits per heavy atom. The van der Waals surface area contributed by atoms with Gasteiger partial charge in [0, 0.05) is 24.0 Å². The first-order valence-electron chi connectivity index (χ1n) is 9.19. The van der Waals surface area contributed by atoms with Crippen LogP contribution in [-0.2, 0) is 9.59 Å². The Morgan fingerprint density at radius 3 is 1.55 bits per heavy atom. The number of unbranched alkanes of at least 4 members (excludes halogenated alkanes) is 2. The molecule has 2 amide bonds. The molecule has 0 heterocycles. The van der Waals surface area contributed by atoms with Gasteiger partial charge in [-0.05, 0) is 25.0 Å². The maximum Gasteiger partial charge on any atom is 0.240 e. The van der Waals surface area contributed by atoms with E-state index in [-0.39, 0.29) is 35.8 Å². The fourth-order valence-electron chi connectivity index (χ4n) is 2.37. The Morgan fingerprint density at radius 2 is 1.14 bits per heavy atom. The molecule has 6 nitrogen and oxygen atoms in total. The van der Waals surface area contributed by atoms with E-state index in [1.165, 1.54) is 24.6 Å². The summed E-state index contributed by atoms with van der Waals surface area (Å²) in [6, 6.07) is 12.2. The summed E-state index contributed by atoms with van der Waals surface area (Å²) in [5.41, 5.74) is 5.26. The lowest BCUT2D eigenvalue weighted by molar-refractivity contribution is -0.121. The quantitative estimate of drug-likeness (QED) is 0.363. The van der Waals surface area contributed by atoms with Gasteiger partial charge in [-0.2, -0.15) is 10.2 Å². The molecular formula is C21H22F2N4O2. The Labute approximate surface area is 167 Å². The zero-order valence-electron chi connectivity index (χ0n) is 15.8. The summed E-state index contributed by atoms with van der Waals surface area (Å²) in [4.78, 5) is 23.3. The van der Waals surface area contributed by atoms with Crippen LogP contribution in [-0.4, -0.2) is 24.2 Å². The molecule has 0 saturated heterocycles. The highest BCUT2D eigenvalue weighted by Gasteiger charge is 2.03. The van der Waals surface area contributed by atoms with E-state index in [2.05, 4.69) is 21.1 Å². The molecule has 2 aromatic rings. The Kier molecular flexibility index (Phi) is 9.14. The fourth-order valence-corrected chi connectivity index (χ4v) is 2.37. The summed E-state index contributed by atoms with van der Waals surface area (Å²) < 4.78 is 26.8. The lowest BCUT2D eigenvalue weighted by Gasteiger charge is -2.02. The normalized spacial score (nSPS) is 11.1. The van der Waals surface area contributed by atoms with Crippen LogP contribution in [0.15, 0.2) is 58.7 Å². The van der Waals surface area contributed by atoms with Crippen LogP contribution in [0.3, 0.4) is 0 Å². The smallest absolute Gasteiger partial charge is 0.240 e. The van der Waals surface area contributed by atoms with Crippen LogP contribution in [0.5, 0.6) is 0 Å². The third-order valence-corrected chi connectivity index (χ3v) is 3.90. The van der Waals surface area contributed by atoms with E-state index < -0.39 is 11.6 Å². The van der Waals surface area contributed by atoms with E-state index in [1.54, 1.807) is 36.4 Å². The first-order chi connectivity index (χ1) is 14.1. The molecule has 0 aromatic heterocycles. The minimum Gasteiger partial charge on any atom is -0.273 e. The molecule has 0 aliphatic carbocycles. The van der Waals surface area contributed by atoms with Crippen molar-refractivity contribution >= 4 is 24.2 Å². The van der Waals surface area contributed by atoms with Crippen LogP contribution in [0.4, 0.5) is 8.78 Å². The number of hydrazone groups is 2. The molecule has 0 aliphatic rings. The summed E-state index contributed by atoms with van der Waals surface area (Å²) in [5, 5.41) is 7.45. The molecule has 0 fully saturated rings. The van der Waals surface area contributed by atoms with Gasteiger partial charge >= 0.3 is 0 Å². The molecule has 0 radical (unpaired) electrons. The SMILES string of the molecule is O=C(CCCCCC(=O)N/N=C/c1ccccc1F)N/N=C/c1ccccc1F. The van der Waals surface area contributed by atoms with Gasteiger partial charge in [-0.15, -0.1) is 0 Å². The minimum absolute atomic E-state index is 0.252. The van der Waals surface area contributed by atoms with Crippen LogP contribution in [0.1, 0.15) is 43.2 Å². The number of amides is 2. The van der Waals surface area contributed by atoms with Crippen molar-refractivity contribution in [3.63, 3.8) is 0 Å². The third kappa shape index (κ3) is 8.42. The molecule has 0 spiro atoms. The summed E-state index contributed by atoms with van der Waals surface area (Å²) in [6.07, 6.45) is 4.86. The van der Waals surface area contributed by atoms with Gasteiger partial charge in [0.25, 0.3) is 0 Å². The van der Waals surface area contributed by atoms with Gasteiger partial charge in [-0.25, -0.2) is 19.6 Å². The summed E-state index contributed by atoms with van der Waals surface area (Å²) in [7, 11) is 0. The van der Waals surface area contributed by atoms with E-state index in [4.69, 9.17) is 0 Å². The number of benzene rings is 2. The van der Waals surface area contributed by atoms with E-state index in [1.807, 2.05) is 0 Å². The molecular weight excluding hydrogens is 378 g/mol. The Bertz CT molecular complexity index is 813. The van der Waals surface area contributed by atoms with Crippen molar-refractivity contribution in [1.29, 1.82) is 0 Å². The average Bonchev–Trinajstić information content (AvgIpc) is 2.70. The number of nitrogens with one attached hydrogen (secondary N) is 2. The van der Waals surface area contributed by atoms with Crippen LogP contribution >= 0.6 is 0 Å². The zero-order valence-corrected chi connectivity index (χ0v) is 15.8. The lowest BCUT2D eigenvalue weighted by Crippen LogP contribution is -2.18. The number of nitrogens with zero attached hydrogens (tertiary/aromatic N) is 2. The molecule has 0 aliphatic heterocycles. The molecule has 8 heteroatoms. The van der Waals surface area contributed by atoms with Gasteiger partial charge in [-0.1, -0.05) is 42.8 Å². The second-order valence-electron chi connectivity index (χ2n) is 6.19. The van der Waals surface area contributed by atoms with Crippen molar-refractivity contribution in [3.05, 3.63) is 71.3 Å². The van der Waals surface area contributed by atoms with E-state index in [0.717, 1.165) is 0 Å². The number of hydrogen-bond donors (Lipinski definition) is 2. The molecule has 0 atom stereocenters. The molecule has 0 bridgehead atoms. The monoisotopic (exact) mass is 400 g/mol. The first-order valence-corrected chi connectivity index (χ1v) is 9.19. The summed E-state index contributed by atoms with van der Waals surface area (Å²) >= 11 is 0. The standard InChI is InChI=1S/C21H22F2N4O2/c22-18-10-6-4-8-16(18)14-24-26-20(28)12-2-1-3-13-21(29)27-25-15-17-9-5-7-11-19(17)23/h4-11,14-15H,1-3,12-13H2,(H,26,28)(H,27,29)/b24-14+,25-15+. The van der Waals surface area contributed by atoms with Crippen molar-refractivity contribution in [1.82, 2.24) is 10.9 Å². The highest BCUT2D eigenvalue weighted by Crippen LogP contribution is 2.05. The van der Waals surface area contributed by atoms with Crippen molar-refractivity contribution in [3.8, 4) is 0 Å². The second kappa shape index (κ2) is 12.1. The predicted octanol–water partition coefficient (Wildman–Crippen LogP) is 3.52. The molecule has 2 aromatic carbocycles. The Balaban J connectivity index is 1.56. The van der Waals surface area contributed by atoms with Crippen LogP contribution in [0, 0.1) is 11.6 Å². The largest absolute Gasteiger partial charge is 0.273 e. The van der Waals surface area contributed by atoms with E-state index >= 15 is 0 Å². The number of hydrogen-bond acceptors (Lipinski definition) is 4. The van der Waals surface area contributed by atoms with Crippen LogP contribution in [0.2, 0.25) is 0 Å². The van der Waals surface area contributed by atoms with Gasteiger partial charge in [0.1, 0.15) is 11.6 Å². The number of carbonyl (C=O) groups excluding carboxylic acids is 2. The predicted molar refractivity (Wildman–Crippen MR) is 107 cm³/mol. The third-order valence-electron chi connectivity index (χ3n) is 3.90. The van der Waals surface area contributed by atoms with Crippen molar-refractivity contribution in [2.75, 3.05) is 0 Å². The molecule has 2 N–H and O–H groups in total. The number of rotatable bonds is 10. The number of carbonyl (C=O) groups is 2. The van der Waals surface area contributed by atoms with Gasteiger partial charge in [0.15, 0.2) is 0 Å². The molecule has 152 valence electrons. The highest BCUT2D eigenvalue weighted by atomic mass is 19.1. The van der Waals surface area contributed by atoms with Crippen LogP contribution < -0.4 is 10.9 Å². The van der Waals surface area contributed by atoms with E-state index in [9.17, 15) is 18.4 Å². The fraction of sp³-hybridized carbons (Fsp3) is 0.238. The molecule has 29 heavy (non-hydrogen) atoms. The van der Waals surface area contributed by atoms with E-state index in [0.29, 0.717) is 19.3 Å². The molecule has 2 rings (SSSR count). The topological polar surface area (TPSA) is 82.9 Å². The maximum atomic E-state index is 13.4. The first kappa shape index (κ1) is 21.9. The van der Waals surface area contributed by atoms with Gasteiger partial charge in [0.05, 0.1) is 12.4 Å². The average molecular weight is 400 g/mol. The summed E-state index contributed by atoms with van der Waals surface area (Å²) in [6.45, 7) is 0. The zero-order chi connectivity index (χ0) is 20.9. The van der Waals surface area contributed by atoms with Crippen molar-refractivity contribution < 1.29 is 18.4 Å². The maximum absolute atomic E-state index is 13.4. The molecule has 0 saturated carbocycles. The number of halogens is 2. The molecule has 0 unspecified atom stereocenters. The van der Waals surface area contributed by atoms with Crippen molar-refractivity contribution in [2.24, 2.45) is 10.2 Å². The van der Waals surface area contributed by atoms with Crippen molar-refractivity contribution in [2.45, 2.75) is 32.1 Å². The van der Waals surface area contributed by atoms with Gasteiger partial charge in [-0.3, -0.25) is 9.59 Å². The highest BCUT2D eigenvalue weighted by molar-refractivity contribution is 5.83. The van der Waals surface area contributed by atoms with Crippen LogP contribution in [0.25, 0.3) is 0 Å². The minimum atomic E-state index is -0.415. The second-order valence-corrected chi connectivity index (χ2v) is 6.19. The lowest BCUT2D eigenvalue weighted by atomic mass is 10.1. The Hall–Kier alpha value is -3.42.